The van der Waals surface area contributed by atoms with E-state index in [4.69, 9.17) is 4.74 Å². The molecule has 74 valence electrons. The quantitative estimate of drug-likeness (QED) is 0.284. The van der Waals surface area contributed by atoms with Crippen LogP contribution in [0.3, 0.4) is 0 Å². The molecule has 0 spiro atoms. The van der Waals surface area contributed by atoms with Crippen LogP contribution in [-0.2, 0) is 9.53 Å². The summed E-state index contributed by atoms with van der Waals surface area (Å²) in [6.07, 6.45) is 0.866. The maximum absolute atomic E-state index is 11.0. The predicted molar refractivity (Wildman–Crippen MR) is 46.6 cm³/mol. The van der Waals surface area contributed by atoms with Crippen molar-refractivity contribution < 1.29 is 14.5 Å². The smallest absolute Gasteiger partial charge is 0.337 e. The molecule has 0 radical (unpaired) electrons. The van der Waals surface area contributed by atoms with E-state index in [2.05, 4.69) is 0 Å². The fourth-order valence-corrected chi connectivity index (χ4v) is 0.554. The molecule has 0 atom stereocenters. The lowest BCUT2D eigenvalue weighted by atomic mass is 10.2. The van der Waals surface area contributed by atoms with Crippen LogP contribution in [0.25, 0.3) is 0 Å². The molecule has 0 aliphatic heterocycles. The van der Waals surface area contributed by atoms with Gasteiger partial charge in [0.1, 0.15) is 5.60 Å². The molecule has 5 heteroatoms. The van der Waals surface area contributed by atoms with E-state index in [1.807, 2.05) is 0 Å². The molecule has 0 rings (SSSR count). The number of nitrogens with zero attached hydrogens (tertiary/aromatic N) is 1. The number of hydrogen-bond acceptors (Lipinski definition) is 4. The van der Waals surface area contributed by atoms with Gasteiger partial charge in [-0.1, -0.05) is 0 Å². The molecule has 0 aromatic rings. The van der Waals surface area contributed by atoms with Gasteiger partial charge in [0.05, 0.1) is 11.0 Å². The first-order valence-corrected chi connectivity index (χ1v) is 3.78. The van der Waals surface area contributed by atoms with Crippen molar-refractivity contribution in [3.63, 3.8) is 0 Å². The van der Waals surface area contributed by atoms with Crippen LogP contribution in [0.1, 0.15) is 27.7 Å². The summed E-state index contributed by atoms with van der Waals surface area (Å²) in [5.41, 5.74) is -0.848. The molecule has 5 nitrogen and oxygen atoms in total. The van der Waals surface area contributed by atoms with E-state index < -0.39 is 16.5 Å². The van der Waals surface area contributed by atoms with Gasteiger partial charge in [-0.2, -0.15) is 0 Å². The summed E-state index contributed by atoms with van der Waals surface area (Å²) < 4.78 is 4.84. The van der Waals surface area contributed by atoms with Crippen LogP contribution in [0.2, 0.25) is 0 Å². The Morgan fingerprint density at radius 3 is 2.23 bits per heavy atom. The van der Waals surface area contributed by atoms with E-state index in [-0.39, 0.29) is 5.70 Å². The molecule has 0 amide bonds. The third-order valence-corrected chi connectivity index (χ3v) is 1.02. The second-order valence-corrected chi connectivity index (χ2v) is 3.58. The molecular weight excluding hydrogens is 174 g/mol. The number of carbonyl (C=O) groups is 1. The lowest BCUT2D eigenvalue weighted by Crippen LogP contribution is -2.23. The van der Waals surface area contributed by atoms with Crippen LogP contribution in [0, 0.1) is 10.1 Å². The highest BCUT2D eigenvalue weighted by Crippen LogP contribution is 2.08. The monoisotopic (exact) mass is 187 g/mol. The Morgan fingerprint density at radius 1 is 1.46 bits per heavy atom. The van der Waals surface area contributed by atoms with Gasteiger partial charge >= 0.3 is 5.97 Å². The number of allylic oxidation sites excluding steroid dienone is 1. The molecule has 0 aromatic heterocycles. The molecule has 0 aliphatic carbocycles. The number of hydrogen-bond donors (Lipinski definition) is 0. The van der Waals surface area contributed by atoms with Gasteiger partial charge in [0.15, 0.2) is 0 Å². The first kappa shape index (κ1) is 11.6. The minimum Gasteiger partial charge on any atom is -0.457 e. The zero-order chi connectivity index (χ0) is 10.6. The lowest BCUT2D eigenvalue weighted by Gasteiger charge is -2.17. The van der Waals surface area contributed by atoms with Gasteiger partial charge < -0.3 is 4.74 Å². The van der Waals surface area contributed by atoms with Gasteiger partial charge in [0.25, 0.3) is 0 Å². The zero-order valence-corrected chi connectivity index (χ0v) is 8.16. The molecule has 0 saturated carbocycles. The van der Waals surface area contributed by atoms with Gasteiger partial charge in [-0.15, -0.1) is 0 Å². The van der Waals surface area contributed by atoms with Crippen LogP contribution in [0.4, 0.5) is 0 Å². The first-order valence-electron chi connectivity index (χ1n) is 3.78. The summed E-state index contributed by atoms with van der Waals surface area (Å²) in [6.45, 7) is 6.32. The van der Waals surface area contributed by atoms with Crippen molar-refractivity contribution >= 4 is 5.97 Å². The van der Waals surface area contributed by atoms with Crippen LogP contribution < -0.4 is 0 Å². The Labute approximate surface area is 76.5 Å². The highest BCUT2D eigenvalue weighted by Gasteiger charge is 2.16. The fourth-order valence-electron chi connectivity index (χ4n) is 0.554. The maximum Gasteiger partial charge on any atom is 0.337 e. The third kappa shape index (κ3) is 5.84. The normalized spacial score (nSPS) is 12.5. The molecular formula is C8H13NO4. The zero-order valence-electron chi connectivity index (χ0n) is 8.16. The van der Waals surface area contributed by atoms with Crippen molar-refractivity contribution in [2.24, 2.45) is 0 Å². The number of rotatable bonds is 2. The summed E-state index contributed by atoms with van der Waals surface area (Å²) in [6, 6.07) is 0. The van der Waals surface area contributed by atoms with E-state index >= 15 is 0 Å². The lowest BCUT2D eigenvalue weighted by molar-refractivity contribution is -0.424. The summed E-state index contributed by atoms with van der Waals surface area (Å²) in [4.78, 5) is 20.5. The average molecular weight is 187 g/mol. The highest BCUT2D eigenvalue weighted by molar-refractivity contribution is 5.82. The average Bonchev–Trinajstić information content (AvgIpc) is 1.81. The van der Waals surface area contributed by atoms with Crippen molar-refractivity contribution in [1.29, 1.82) is 0 Å². The van der Waals surface area contributed by atoms with Crippen molar-refractivity contribution in [3.05, 3.63) is 21.9 Å². The van der Waals surface area contributed by atoms with Crippen LogP contribution >= 0.6 is 0 Å². The Morgan fingerprint density at radius 2 is 1.92 bits per heavy atom. The summed E-state index contributed by atoms with van der Waals surface area (Å²) in [5.74, 6) is -0.693. The molecule has 0 fully saturated rings. The predicted octanol–water partition coefficient (Wildman–Crippen LogP) is 1.51. The molecule has 0 aliphatic rings. The van der Waals surface area contributed by atoms with Crippen LogP contribution in [-0.4, -0.2) is 16.5 Å². The molecule has 13 heavy (non-hydrogen) atoms. The molecule has 0 bridgehead atoms. The van der Waals surface area contributed by atoms with Gasteiger partial charge in [-0.3, -0.25) is 10.1 Å². The Kier molecular flexibility index (Phi) is 3.59. The van der Waals surface area contributed by atoms with Crippen molar-refractivity contribution in [3.8, 4) is 0 Å². The minimum atomic E-state index is -0.693. The SMILES string of the molecule is C/C(=C\C(=O)OC(C)(C)C)[N+](=O)[O-]. The largest absolute Gasteiger partial charge is 0.457 e. The Bertz CT molecular complexity index is 249. The minimum absolute atomic E-state index is 0.228. The van der Waals surface area contributed by atoms with Crippen molar-refractivity contribution in [2.75, 3.05) is 0 Å². The van der Waals surface area contributed by atoms with Gasteiger partial charge in [0, 0.05) is 6.92 Å². The number of ether oxygens (including phenoxy) is 1. The van der Waals surface area contributed by atoms with E-state index in [0.29, 0.717) is 0 Å². The van der Waals surface area contributed by atoms with Gasteiger partial charge in [0.2, 0.25) is 5.70 Å². The van der Waals surface area contributed by atoms with Crippen molar-refractivity contribution in [2.45, 2.75) is 33.3 Å². The number of esters is 1. The molecule has 0 heterocycles. The molecule has 0 N–H and O–H groups in total. The van der Waals surface area contributed by atoms with Crippen molar-refractivity contribution in [1.82, 2.24) is 0 Å². The molecule has 0 saturated heterocycles. The summed E-state index contributed by atoms with van der Waals surface area (Å²) in [5, 5.41) is 10.1. The maximum atomic E-state index is 11.0. The summed E-state index contributed by atoms with van der Waals surface area (Å²) in [7, 11) is 0. The van der Waals surface area contributed by atoms with E-state index in [1.54, 1.807) is 20.8 Å². The topological polar surface area (TPSA) is 69.4 Å². The first-order chi connectivity index (χ1) is 5.72. The van der Waals surface area contributed by atoms with E-state index in [0.717, 1.165) is 6.08 Å². The Hall–Kier alpha value is -1.39. The second kappa shape index (κ2) is 4.02. The Balaban J connectivity index is 4.32. The van der Waals surface area contributed by atoms with Gasteiger partial charge in [-0.05, 0) is 20.8 Å². The number of carbonyl (C=O) groups excluding carboxylic acids is 1. The fraction of sp³-hybridized carbons (Fsp3) is 0.625. The van der Waals surface area contributed by atoms with Crippen LogP contribution in [0.15, 0.2) is 11.8 Å². The van der Waals surface area contributed by atoms with Gasteiger partial charge in [-0.25, -0.2) is 4.79 Å². The molecule has 0 aromatic carbocycles. The second-order valence-electron chi connectivity index (χ2n) is 3.58. The number of nitro groups is 1. The standard InChI is InChI=1S/C8H13NO4/c1-6(9(11)12)5-7(10)13-8(2,3)4/h5H,1-4H3/b6-5+. The highest BCUT2D eigenvalue weighted by atomic mass is 16.6. The third-order valence-electron chi connectivity index (χ3n) is 1.02. The molecule has 0 unspecified atom stereocenters. The summed E-state index contributed by atoms with van der Waals surface area (Å²) >= 11 is 0. The van der Waals surface area contributed by atoms with E-state index in [1.165, 1.54) is 6.92 Å². The van der Waals surface area contributed by atoms with E-state index in [9.17, 15) is 14.9 Å². The van der Waals surface area contributed by atoms with Crippen LogP contribution in [0.5, 0.6) is 0 Å².